The molecule has 0 saturated carbocycles. The van der Waals surface area contributed by atoms with Crippen molar-refractivity contribution in [3.8, 4) is 0 Å². The molecule has 1 aromatic rings. The van der Waals surface area contributed by atoms with Crippen LogP contribution in [-0.2, 0) is 11.2 Å². The van der Waals surface area contributed by atoms with Gasteiger partial charge in [-0.1, -0.05) is 13.8 Å². The Bertz CT molecular complexity index is 432. The Morgan fingerprint density at radius 1 is 1.58 bits per heavy atom. The Morgan fingerprint density at radius 3 is 2.95 bits per heavy atom. The van der Waals surface area contributed by atoms with E-state index in [1.807, 2.05) is 16.9 Å². The highest BCUT2D eigenvalue weighted by Crippen LogP contribution is 2.31. The van der Waals surface area contributed by atoms with E-state index >= 15 is 0 Å². The molecule has 1 aliphatic rings. The molecule has 0 radical (unpaired) electrons. The molecule has 1 fully saturated rings. The van der Waals surface area contributed by atoms with Crippen molar-refractivity contribution in [2.45, 2.75) is 52.5 Å². The molecule has 1 N–H and O–H groups in total. The lowest BCUT2D eigenvalue weighted by Gasteiger charge is -2.24. The largest absolute Gasteiger partial charge is 0.316 e. The van der Waals surface area contributed by atoms with Gasteiger partial charge in [0, 0.05) is 24.2 Å². The zero-order valence-corrected chi connectivity index (χ0v) is 12.3. The minimum Gasteiger partial charge on any atom is -0.316 e. The second-order valence-corrected chi connectivity index (χ2v) is 5.70. The smallest absolute Gasteiger partial charge is 0.146 e. The molecule has 1 aliphatic heterocycles. The van der Waals surface area contributed by atoms with Crippen LogP contribution in [-0.4, -0.2) is 28.7 Å². The minimum absolute atomic E-state index is 0.153. The zero-order valence-electron chi connectivity index (χ0n) is 12.3. The predicted molar refractivity (Wildman–Crippen MR) is 76.2 cm³/mol. The molecule has 0 bridgehead atoms. The van der Waals surface area contributed by atoms with E-state index in [-0.39, 0.29) is 5.41 Å². The van der Waals surface area contributed by atoms with E-state index < -0.39 is 0 Å². The summed E-state index contributed by atoms with van der Waals surface area (Å²) in [6.07, 6.45) is 5.40. The summed E-state index contributed by atoms with van der Waals surface area (Å²) >= 11 is 0. The highest BCUT2D eigenvalue weighted by atomic mass is 16.1. The molecule has 4 nitrogen and oxygen atoms in total. The molecule has 0 spiro atoms. The predicted octanol–water partition coefficient (Wildman–Crippen LogP) is 2.36. The third-order valence-corrected chi connectivity index (χ3v) is 4.56. The second kappa shape index (κ2) is 5.87. The summed E-state index contributed by atoms with van der Waals surface area (Å²) in [7, 11) is 0. The van der Waals surface area contributed by atoms with E-state index in [4.69, 9.17) is 0 Å². The number of nitrogens with zero attached hydrogens (tertiary/aromatic N) is 2. The van der Waals surface area contributed by atoms with Crippen LogP contribution in [0.2, 0.25) is 0 Å². The van der Waals surface area contributed by atoms with Gasteiger partial charge in [0.05, 0.1) is 12.1 Å². The first-order chi connectivity index (χ1) is 9.11. The van der Waals surface area contributed by atoms with Gasteiger partial charge in [-0.2, -0.15) is 5.10 Å². The van der Waals surface area contributed by atoms with Crippen molar-refractivity contribution in [2.24, 2.45) is 5.41 Å². The molecule has 1 saturated heterocycles. The van der Waals surface area contributed by atoms with Gasteiger partial charge >= 0.3 is 0 Å². The third-order valence-electron chi connectivity index (χ3n) is 4.56. The van der Waals surface area contributed by atoms with Crippen LogP contribution in [0.15, 0.2) is 12.3 Å². The summed E-state index contributed by atoms with van der Waals surface area (Å²) in [4.78, 5) is 12.5. The van der Waals surface area contributed by atoms with E-state index in [1.54, 1.807) is 0 Å². The van der Waals surface area contributed by atoms with E-state index in [1.165, 1.54) is 0 Å². The molecule has 0 aliphatic carbocycles. The number of hydrogen-bond donors (Lipinski definition) is 1. The van der Waals surface area contributed by atoms with E-state index in [0.29, 0.717) is 18.2 Å². The number of nitrogens with one attached hydrogen (secondary N) is 1. The summed E-state index contributed by atoms with van der Waals surface area (Å²) in [5.74, 6) is 0.342. The fourth-order valence-electron chi connectivity index (χ4n) is 2.74. The van der Waals surface area contributed by atoms with Gasteiger partial charge in [0.15, 0.2) is 0 Å². The lowest BCUT2D eigenvalue weighted by molar-refractivity contribution is -0.127. The van der Waals surface area contributed by atoms with Crippen LogP contribution in [0.25, 0.3) is 0 Å². The van der Waals surface area contributed by atoms with Crippen molar-refractivity contribution in [3.05, 3.63) is 18.0 Å². The third kappa shape index (κ3) is 2.89. The second-order valence-electron chi connectivity index (χ2n) is 5.70. The Balaban J connectivity index is 2.04. The maximum atomic E-state index is 12.5. The SMILES string of the molecule is CCC(C)n1ccc(CC(=O)C2(CC)CCNC2)n1. The quantitative estimate of drug-likeness (QED) is 0.857. The molecule has 106 valence electrons. The molecule has 2 heterocycles. The topological polar surface area (TPSA) is 46.9 Å². The Labute approximate surface area is 115 Å². The van der Waals surface area contributed by atoms with Crippen molar-refractivity contribution in [1.29, 1.82) is 0 Å². The van der Waals surface area contributed by atoms with Gasteiger partial charge in [-0.05, 0) is 38.8 Å². The molecule has 0 amide bonds. The number of carbonyl (C=O) groups excluding carboxylic acids is 1. The van der Waals surface area contributed by atoms with Gasteiger partial charge in [0.25, 0.3) is 0 Å². The maximum absolute atomic E-state index is 12.5. The first kappa shape index (κ1) is 14.3. The fourth-order valence-corrected chi connectivity index (χ4v) is 2.74. The van der Waals surface area contributed by atoms with Crippen molar-refractivity contribution in [1.82, 2.24) is 15.1 Å². The number of aromatic nitrogens is 2. The number of rotatable bonds is 6. The van der Waals surface area contributed by atoms with Gasteiger partial charge in [-0.25, -0.2) is 0 Å². The first-order valence-electron chi connectivity index (χ1n) is 7.39. The van der Waals surface area contributed by atoms with Gasteiger partial charge in [-0.3, -0.25) is 9.48 Å². The summed E-state index contributed by atoms with van der Waals surface area (Å²) in [6, 6.07) is 2.38. The van der Waals surface area contributed by atoms with Crippen molar-refractivity contribution in [3.63, 3.8) is 0 Å². The van der Waals surface area contributed by atoms with Gasteiger partial charge in [-0.15, -0.1) is 0 Å². The highest BCUT2D eigenvalue weighted by Gasteiger charge is 2.38. The van der Waals surface area contributed by atoms with Crippen LogP contribution < -0.4 is 5.32 Å². The van der Waals surface area contributed by atoms with Crippen LogP contribution in [0.5, 0.6) is 0 Å². The lowest BCUT2D eigenvalue weighted by Crippen LogP contribution is -2.34. The van der Waals surface area contributed by atoms with Gasteiger partial charge < -0.3 is 5.32 Å². The molecular formula is C15H25N3O. The van der Waals surface area contributed by atoms with Crippen molar-refractivity contribution >= 4 is 5.78 Å². The average Bonchev–Trinajstić information content (AvgIpc) is 3.07. The number of ketones is 1. The van der Waals surface area contributed by atoms with Crippen molar-refractivity contribution < 1.29 is 4.79 Å². The molecule has 2 rings (SSSR count). The first-order valence-corrected chi connectivity index (χ1v) is 7.39. The molecular weight excluding hydrogens is 238 g/mol. The van der Waals surface area contributed by atoms with Crippen LogP contribution in [0, 0.1) is 5.41 Å². The number of Topliss-reactive ketones (excluding diaryl/α,β-unsaturated/α-hetero) is 1. The van der Waals surface area contributed by atoms with Crippen LogP contribution in [0.1, 0.15) is 51.8 Å². The molecule has 2 unspecified atom stereocenters. The highest BCUT2D eigenvalue weighted by molar-refractivity contribution is 5.87. The monoisotopic (exact) mass is 263 g/mol. The van der Waals surface area contributed by atoms with E-state index in [2.05, 4.69) is 31.2 Å². The normalized spacial score (nSPS) is 24.6. The summed E-state index contributed by atoms with van der Waals surface area (Å²) < 4.78 is 1.97. The van der Waals surface area contributed by atoms with Crippen molar-refractivity contribution in [2.75, 3.05) is 13.1 Å². The number of carbonyl (C=O) groups is 1. The summed E-state index contributed by atoms with van der Waals surface area (Å²) in [5, 5.41) is 7.85. The molecule has 0 aromatic carbocycles. The minimum atomic E-state index is -0.153. The van der Waals surface area contributed by atoms with Gasteiger partial charge in [0.1, 0.15) is 5.78 Å². The molecule has 4 heteroatoms. The van der Waals surface area contributed by atoms with E-state index in [0.717, 1.165) is 38.0 Å². The average molecular weight is 263 g/mol. The zero-order chi connectivity index (χ0) is 13.9. The van der Waals surface area contributed by atoms with E-state index in [9.17, 15) is 4.79 Å². The molecule has 1 aromatic heterocycles. The Hall–Kier alpha value is -1.16. The fraction of sp³-hybridized carbons (Fsp3) is 0.733. The Morgan fingerprint density at radius 2 is 2.37 bits per heavy atom. The lowest BCUT2D eigenvalue weighted by atomic mass is 9.78. The molecule has 19 heavy (non-hydrogen) atoms. The Kier molecular flexibility index (Phi) is 4.40. The summed E-state index contributed by atoms with van der Waals surface area (Å²) in [6.45, 7) is 8.19. The standard InChI is InChI=1S/C15H25N3O/c1-4-12(3)18-9-6-13(17-18)10-14(19)15(5-2)7-8-16-11-15/h6,9,12,16H,4-5,7-8,10-11H2,1-3H3. The van der Waals surface area contributed by atoms with Crippen LogP contribution in [0.3, 0.4) is 0 Å². The van der Waals surface area contributed by atoms with Crippen LogP contribution >= 0.6 is 0 Å². The molecule has 2 atom stereocenters. The number of hydrogen-bond acceptors (Lipinski definition) is 3. The van der Waals surface area contributed by atoms with Gasteiger partial charge in [0.2, 0.25) is 0 Å². The summed E-state index contributed by atoms with van der Waals surface area (Å²) in [5.41, 5.74) is 0.755. The van der Waals surface area contributed by atoms with Crippen LogP contribution in [0.4, 0.5) is 0 Å². The maximum Gasteiger partial charge on any atom is 0.146 e.